The molecule has 0 fully saturated rings. The maximum Gasteiger partial charge on any atom is 0.291 e. The number of rotatable bonds is 3. The highest BCUT2D eigenvalue weighted by molar-refractivity contribution is 7.15. The van der Waals surface area contributed by atoms with E-state index < -0.39 is 11.5 Å². The van der Waals surface area contributed by atoms with E-state index in [9.17, 15) is 14.4 Å². The lowest BCUT2D eigenvalue weighted by Gasteiger charge is -2.16. The molecule has 2 aromatic carbocycles. The average Bonchev–Trinajstić information content (AvgIpc) is 3.37. The van der Waals surface area contributed by atoms with Crippen LogP contribution >= 0.6 is 22.9 Å². The van der Waals surface area contributed by atoms with Crippen LogP contribution in [0, 0.1) is 0 Å². The summed E-state index contributed by atoms with van der Waals surface area (Å²) in [7, 11) is 0. The van der Waals surface area contributed by atoms with Gasteiger partial charge in [0, 0.05) is 16.3 Å². The Morgan fingerprint density at radius 2 is 1.97 bits per heavy atom. The van der Waals surface area contributed by atoms with Crippen LogP contribution in [0.5, 0.6) is 0 Å². The van der Waals surface area contributed by atoms with Crippen molar-refractivity contribution in [3.63, 3.8) is 0 Å². The van der Waals surface area contributed by atoms with Gasteiger partial charge in [-0.1, -0.05) is 47.2 Å². The second kappa shape index (κ2) is 7.05. The molecule has 1 aliphatic heterocycles. The molecule has 148 valence electrons. The first-order valence-electron chi connectivity index (χ1n) is 8.86. The lowest BCUT2D eigenvalue weighted by atomic mass is 10.1. The van der Waals surface area contributed by atoms with Crippen LogP contribution in [0.3, 0.4) is 0 Å². The Bertz CT molecular complexity index is 1440. The van der Waals surface area contributed by atoms with Crippen LogP contribution in [0.2, 0.25) is 5.02 Å². The maximum atomic E-state index is 13.3. The van der Waals surface area contributed by atoms with E-state index in [-0.39, 0.29) is 22.6 Å². The Morgan fingerprint density at radius 1 is 1.13 bits per heavy atom. The van der Waals surface area contributed by atoms with Crippen LogP contribution in [-0.2, 0) is 9.59 Å². The first kappa shape index (κ1) is 18.5. The van der Waals surface area contributed by atoms with Crippen molar-refractivity contribution in [2.24, 2.45) is 0 Å². The monoisotopic (exact) mass is 437 g/mol. The number of amides is 2. The Morgan fingerprint density at radius 3 is 2.77 bits per heavy atom. The number of hydrogen-bond acceptors (Lipinski definition) is 6. The fourth-order valence-electron chi connectivity index (χ4n) is 3.40. The Hall–Kier alpha value is -3.56. The first-order chi connectivity index (χ1) is 14.5. The molecular formula is C20H12ClN5O3S. The van der Waals surface area contributed by atoms with Crippen molar-refractivity contribution in [1.29, 1.82) is 0 Å². The SMILES string of the molecule is O=C(CN1C(=O)/C(=c2\sc3ncnn3c2=O)c2ccccc21)Nc1cccc(Cl)c1. The quantitative estimate of drug-likeness (QED) is 0.526. The van der Waals surface area contributed by atoms with Gasteiger partial charge in [0.2, 0.25) is 10.9 Å². The molecule has 2 aromatic heterocycles. The van der Waals surface area contributed by atoms with Crippen LogP contribution in [0.25, 0.3) is 10.5 Å². The van der Waals surface area contributed by atoms with Gasteiger partial charge >= 0.3 is 0 Å². The summed E-state index contributed by atoms with van der Waals surface area (Å²) in [4.78, 5) is 44.4. The van der Waals surface area contributed by atoms with Gasteiger partial charge in [-0.2, -0.15) is 9.61 Å². The van der Waals surface area contributed by atoms with Gasteiger partial charge in [0.25, 0.3) is 11.5 Å². The summed E-state index contributed by atoms with van der Waals surface area (Å²) in [5.74, 6) is -0.800. The van der Waals surface area contributed by atoms with E-state index in [4.69, 9.17) is 11.6 Å². The molecule has 0 radical (unpaired) electrons. The smallest absolute Gasteiger partial charge is 0.291 e. The fraction of sp³-hybridized carbons (Fsp3) is 0.0500. The molecular weight excluding hydrogens is 426 g/mol. The summed E-state index contributed by atoms with van der Waals surface area (Å²) in [6.45, 7) is -0.208. The highest BCUT2D eigenvalue weighted by Crippen LogP contribution is 2.35. The number of aromatic nitrogens is 3. The number of thiazole rings is 1. The second-order valence-electron chi connectivity index (χ2n) is 6.53. The molecule has 1 aliphatic rings. The third-order valence-corrected chi connectivity index (χ3v) is 5.94. The number of hydrogen-bond donors (Lipinski definition) is 1. The number of halogens is 1. The second-order valence-corrected chi connectivity index (χ2v) is 7.95. The third kappa shape index (κ3) is 2.95. The number of benzene rings is 2. The Balaban J connectivity index is 1.55. The number of fused-ring (bicyclic) bond motifs is 2. The molecule has 30 heavy (non-hydrogen) atoms. The minimum absolute atomic E-state index is 0.208. The van der Waals surface area contributed by atoms with E-state index >= 15 is 0 Å². The summed E-state index contributed by atoms with van der Waals surface area (Å²) in [5, 5.41) is 7.13. The molecule has 1 N–H and O–H groups in total. The molecule has 0 spiro atoms. The van der Waals surface area contributed by atoms with Crippen LogP contribution in [0.15, 0.2) is 59.7 Å². The van der Waals surface area contributed by atoms with E-state index in [1.807, 2.05) is 0 Å². The van der Waals surface area contributed by atoms with Crippen molar-refractivity contribution in [2.75, 3.05) is 16.8 Å². The highest BCUT2D eigenvalue weighted by Gasteiger charge is 2.35. The van der Waals surface area contributed by atoms with Crippen molar-refractivity contribution in [2.45, 2.75) is 0 Å². The van der Waals surface area contributed by atoms with Gasteiger partial charge in [-0.05, 0) is 24.3 Å². The molecule has 0 atom stereocenters. The fourth-order valence-corrected chi connectivity index (χ4v) is 4.56. The predicted molar refractivity (Wildman–Crippen MR) is 114 cm³/mol. The van der Waals surface area contributed by atoms with Crippen molar-refractivity contribution >= 4 is 56.7 Å². The number of nitrogens with zero attached hydrogens (tertiary/aromatic N) is 4. The summed E-state index contributed by atoms with van der Waals surface area (Å²) >= 11 is 7.05. The zero-order valence-corrected chi connectivity index (χ0v) is 16.8. The summed E-state index contributed by atoms with van der Waals surface area (Å²) in [6, 6.07) is 13.8. The molecule has 0 unspecified atom stereocenters. The first-order valence-corrected chi connectivity index (χ1v) is 10.1. The highest BCUT2D eigenvalue weighted by atomic mass is 35.5. The van der Waals surface area contributed by atoms with Gasteiger partial charge < -0.3 is 5.32 Å². The summed E-state index contributed by atoms with van der Waals surface area (Å²) in [5.41, 5.74) is 1.54. The molecule has 8 nitrogen and oxygen atoms in total. The van der Waals surface area contributed by atoms with E-state index in [2.05, 4.69) is 15.4 Å². The summed E-state index contributed by atoms with van der Waals surface area (Å²) in [6.07, 6.45) is 1.29. The van der Waals surface area contributed by atoms with E-state index in [1.165, 1.54) is 11.2 Å². The number of para-hydroxylation sites is 1. The number of anilines is 2. The molecule has 2 amide bonds. The lowest BCUT2D eigenvalue weighted by Crippen LogP contribution is -2.37. The average molecular weight is 438 g/mol. The minimum atomic E-state index is -0.418. The van der Waals surface area contributed by atoms with Crippen LogP contribution in [0.4, 0.5) is 11.4 Å². The van der Waals surface area contributed by atoms with Crippen molar-refractivity contribution < 1.29 is 9.59 Å². The minimum Gasteiger partial charge on any atom is -0.324 e. The zero-order chi connectivity index (χ0) is 20.8. The molecule has 0 bridgehead atoms. The van der Waals surface area contributed by atoms with Gasteiger partial charge in [-0.15, -0.1) is 0 Å². The van der Waals surface area contributed by atoms with Gasteiger partial charge in [-0.3, -0.25) is 19.3 Å². The summed E-state index contributed by atoms with van der Waals surface area (Å²) < 4.78 is 1.41. The van der Waals surface area contributed by atoms with Gasteiger partial charge in [0.15, 0.2) is 0 Å². The molecule has 10 heteroatoms. The molecule has 3 heterocycles. The predicted octanol–water partition coefficient (Wildman–Crippen LogP) is 1.71. The number of nitrogens with one attached hydrogen (secondary N) is 1. The largest absolute Gasteiger partial charge is 0.324 e. The van der Waals surface area contributed by atoms with Crippen LogP contribution in [-0.4, -0.2) is 33.0 Å². The van der Waals surface area contributed by atoms with Crippen molar-refractivity contribution in [1.82, 2.24) is 14.6 Å². The Kier molecular flexibility index (Phi) is 4.34. The van der Waals surface area contributed by atoms with E-state index in [1.54, 1.807) is 48.5 Å². The zero-order valence-electron chi connectivity index (χ0n) is 15.2. The molecule has 5 rings (SSSR count). The third-order valence-electron chi connectivity index (χ3n) is 4.66. The molecule has 0 aliphatic carbocycles. The lowest BCUT2D eigenvalue weighted by molar-refractivity contribution is -0.118. The van der Waals surface area contributed by atoms with Gasteiger partial charge in [0.1, 0.15) is 17.4 Å². The molecule has 0 saturated carbocycles. The van der Waals surface area contributed by atoms with E-state index in [0.717, 1.165) is 15.9 Å². The van der Waals surface area contributed by atoms with Gasteiger partial charge in [-0.25, -0.2) is 4.98 Å². The number of carbonyl (C=O) groups excluding carboxylic acids is 2. The van der Waals surface area contributed by atoms with Crippen molar-refractivity contribution in [3.8, 4) is 0 Å². The maximum absolute atomic E-state index is 13.3. The topological polar surface area (TPSA) is 96.7 Å². The van der Waals surface area contributed by atoms with Crippen LogP contribution in [0.1, 0.15) is 5.56 Å². The van der Waals surface area contributed by atoms with Crippen molar-refractivity contribution in [3.05, 3.63) is 80.3 Å². The van der Waals surface area contributed by atoms with Crippen LogP contribution < -0.4 is 20.3 Å². The normalized spacial score (nSPS) is 15.0. The Labute approximate surface area is 178 Å². The standard InChI is InChI=1S/C20H12ClN5O3S/c21-11-4-3-5-12(8-11)24-15(27)9-25-14-7-2-1-6-13(14)16(18(25)28)17-19(29)26-20(30-17)22-10-23-26/h1-8,10H,9H2,(H,24,27)/b17-16-. The van der Waals surface area contributed by atoms with Gasteiger partial charge in [0.05, 0.1) is 11.3 Å². The molecule has 4 aromatic rings. The molecule has 0 saturated heterocycles. The van der Waals surface area contributed by atoms with E-state index in [0.29, 0.717) is 26.9 Å². The number of carbonyl (C=O) groups is 2.